The fourth-order valence-corrected chi connectivity index (χ4v) is 5.87. The molecule has 4 rings (SSSR count). The first kappa shape index (κ1) is 31.8. The number of nitrogens with zero attached hydrogens (tertiary/aromatic N) is 5. The van der Waals surface area contributed by atoms with Crippen molar-refractivity contribution in [1.29, 1.82) is 0 Å². The number of sulfonamides is 1. The van der Waals surface area contributed by atoms with Crippen molar-refractivity contribution in [3.8, 4) is 22.9 Å². The van der Waals surface area contributed by atoms with Gasteiger partial charge in [-0.3, -0.25) is 5.32 Å². The van der Waals surface area contributed by atoms with Gasteiger partial charge in [0.2, 0.25) is 17.7 Å². The van der Waals surface area contributed by atoms with E-state index in [0.29, 0.717) is 0 Å². The number of sulfone groups is 1. The summed E-state index contributed by atoms with van der Waals surface area (Å²) >= 11 is 0. The Hall–Kier alpha value is -4.70. The molecule has 4 heterocycles. The van der Waals surface area contributed by atoms with Crippen LogP contribution in [0.2, 0.25) is 0 Å². The summed E-state index contributed by atoms with van der Waals surface area (Å²) in [6.07, 6.45) is 9.33. The van der Waals surface area contributed by atoms with Gasteiger partial charge in [-0.1, -0.05) is 6.92 Å². The van der Waals surface area contributed by atoms with E-state index in [-0.39, 0.29) is 23.5 Å². The Bertz CT molecular complexity index is 1680. The number of rotatable bonds is 8. The third-order valence-electron chi connectivity index (χ3n) is 5.55. The minimum atomic E-state index is -4.61. The van der Waals surface area contributed by atoms with E-state index in [1.54, 1.807) is 4.72 Å². The number of aromatic nitrogens is 5. The highest BCUT2D eigenvalue weighted by Gasteiger charge is 2.28. The average Bonchev–Trinajstić information content (AvgIpc) is 2.97. The monoisotopic (exact) mass is 617 g/mol. The van der Waals surface area contributed by atoms with Gasteiger partial charge in [0.05, 0.1) is 26.0 Å². The number of methoxy groups -OCH3 is 2. The van der Waals surface area contributed by atoms with Crippen molar-refractivity contribution in [1.82, 2.24) is 19.7 Å². The van der Waals surface area contributed by atoms with Crippen LogP contribution in [0, 0.1) is 0 Å². The number of ether oxygens (including phenoxy) is 2. The minimum Gasteiger partial charge on any atom is -0.481 e. The molecule has 0 radical (unpaired) electrons. The summed E-state index contributed by atoms with van der Waals surface area (Å²) in [5.41, 5.74) is 2.51. The zero-order valence-electron chi connectivity index (χ0n) is 23.5. The first-order chi connectivity index (χ1) is 19.9. The van der Waals surface area contributed by atoms with Gasteiger partial charge in [-0.15, -0.1) is 0 Å². The Kier molecular flexibility index (Phi) is 10.4. The Morgan fingerprint density at radius 1 is 0.857 bits per heavy atom. The lowest BCUT2D eigenvalue weighted by molar-refractivity contribution is -0.671. The van der Waals surface area contributed by atoms with E-state index < -0.39 is 35.8 Å². The second kappa shape index (κ2) is 13.8. The number of pyridine rings is 3. The molecule has 2 N–H and O–H groups in total. The lowest BCUT2D eigenvalue weighted by Crippen LogP contribution is -2.36. The van der Waals surface area contributed by atoms with Gasteiger partial charge < -0.3 is 9.47 Å². The van der Waals surface area contributed by atoms with Crippen LogP contribution in [0.5, 0.6) is 11.8 Å². The van der Waals surface area contributed by atoms with Crippen molar-refractivity contribution in [3.05, 3.63) is 73.4 Å². The van der Waals surface area contributed by atoms with Crippen LogP contribution < -0.4 is 28.6 Å². The predicted octanol–water partition coefficient (Wildman–Crippen LogP) is 1.20. The Labute approximate surface area is 244 Å². The van der Waals surface area contributed by atoms with Crippen LogP contribution in [0.4, 0.5) is 10.7 Å². The van der Waals surface area contributed by atoms with Crippen molar-refractivity contribution >= 4 is 31.8 Å². The zero-order chi connectivity index (χ0) is 30.9. The van der Waals surface area contributed by atoms with E-state index in [0.717, 1.165) is 12.3 Å². The predicted molar refractivity (Wildman–Crippen MR) is 151 cm³/mol. The van der Waals surface area contributed by atoms with Crippen LogP contribution in [-0.2, 0) is 34.0 Å². The second-order valence-corrected chi connectivity index (χ2v) is 12.4. The molecule has 0 spiro atoms. The molecule has 14 nitrogen and oxygen atoms in total. The van der Waals surface area contributed by atoms with Gasteiger partial charge in [0.15, 0.2) is 39.7 Å². The summed E-state index contributed by atoms with van der Waals surface area (Å²) < 4.78 is 64.7. The van der Waals surface area contributed by atoms with E-state index in [2.05, 4.69) is 69.3 Å². The molecule has 4 aromatic rings. The highest BCUT2D eigenvalue weighted by molar-refractivity contribution is 7.93. The van der Waals surface area contributed by atoms with Gasteiger partial charge in [-0.2, -0.15) is 18.4 Å². The molecule has 0 saturated carbocycles. The fraction of sp³-hybridized carbons (Fsp3) is 0.231. The number of nitrogens with one attached hydrogen (secondary N) is 2. The number of amides is 2. The molecule has 0 aromatic carbocycles. The summed E-state index contributed by atoms with van der Waals surface area (Å²) in [7, 11) is -1.80. The molecule has 42 heavy (non-hydrogen) atoms. The van der Waals surface area contributed by atoms with Crippen LogP contribution in [-0.4, -0.2) is 57.8 Å². The second-order valence-electron chi connectivity index (χ2n) is 8.55. The van der Waals surface area contributed by atoms with Gasteiger partial charge in [-0.25, -0.2) is 32.1 Å². The number of aryl methyl sites for hydroxylation is 2. The number of urea groups is 1. The van der Waals surface area contributed by atoms with Crippen molar-refractivity contribution in [2.24, 2.45) is 14.1 Å². The summed E-state index contributed by atoms with van der Waals surface area (Å²) in [6.45, 7) is 1.35. The summed E-state index contributed by atoms with van der Waals surface area (Å²) in [6, 6.07) is 11.0. The summed E-state index contributed by atoms with van der Waals surface area (Å²) in [4.78, 5) is 22.8. The third kappa shape index (κ3) is 8.40. The fourth-order valence-electron chi connectivity index (χ4n) is 3.32. The largest absolute Gasteiger partial charge is 0.481 e. The smallest absolute Gasteiger partial charge is 0.335 e. The topological polar surface area (TPSA) is 174 Å². The maximum Gasteiger partial charge on any atom is 0.335 e. The number of anilines is 1. The van der Waals surface area contributed by atoms with Crippen LogP contribution in [0.25, 0.3) is 11.1 Å². The van der Waals surface area contributed by atoms with E-state index in [9.17, 15) is 21.6 Å². The molecule has 0 atom stereocenters. The van der Waals surface area contributed by atoms with Crippen molar-refractivity contribution in [3.63, 3.8) is 0 Å². The van der Waals surface area contributed by atoms with Gasteiger partial charge in [-0.05, 0) is 23.3 Å². The van der Waals surface area contributed by atoms with E-state index in [4.69, 9.17) is 9.47 Å². The molecular formula is C26H31N7O7S2+2. The van der Waals surface area contributed by atoms with Gasteiger partial charge in [0.25, 0.3) is 10.0 Å². The van der Waals surface area contributed by atoms with Gasteiger partial charge >= 0.3 is 6.03 Å². The Balaban J connectivity index is 0.000000287. The average molecular weight is 618 g/mol. The maximum atomic E-state index is 12.5. The maximum absolute atomic E-state index is 12.5. The van der Waals surface area contributed by atoms with Crippen LogP contribution in [0.3, 0.4) is 0 Å². The lowest BCUT2D eigenvalue weighted by Gasteiger charge is -2.11. The lowest BCUT2D eigenvalue weighted by atomic mass is 10.1. The molecule has 0 saturated heterocycles. The van der Waals surface area contributed by atoms with E-state index in [1.807, 2.05) is 23.2 Å². The molecule has 0 aliphatic carbocycles. The summed E-state index contributed by atoms with van der Waals surface area (Å²) in [5.74, 6) is -0.520. The van der Waals surface area contributed by atoms with Crippen LogP contribution >= 0.6 is 0 Å². The van der Waals surface area contributed by atoms with Crippen LogP contribution in [0.1, 0.15) is 6.92 Å². The van der Waals surface area contributed by atoms with Gasteiger partial charge in [0.1, 0.15) is 19.0 Å². The van der Waals surface area contributed by atoms with E-state index >= 15 is 0 Å². The van der Waals surface area contributed by atoms with Crippen molar-refractivity contribution in [2.45, 2.75) is 16.8 Å². The standard InChI is InChI=1S/C14H17N5O7S2.C12H14N2/c1-4-27(21,22)9-6-5-7-15-12(9)28(23,24)19-14(20)18-13-16-10(25-2)8-11(17-13)26-3;1-13-7-3-11(4-8-13)12-5-9-14(2)10-6-12/h5-8H,4H2,1-3H3,(H2,16,17,18,19,20);3-10H,1-2H3/q;+2. The molecule has 0 aliphatic heterocycles. The molecule has 0 fully saturated rings. The zero-order valence-corrected chi connectivity index (χ0v) is 25.2. The molecule has 222 valence electrons. The van der Waals surface area contributed by atoms with Crippen molar-refractivity contribution < 1.29 is 40.2 Å². The van der Waals surface area contributed by atoms with Crippen LogP contribution in [0.15, 0.2) is 83.4 Å². The SMILES string of the molecule is CCS(=O)(=O)c1cccnc1S(=O)(=O)NC(=O)Nc1nc(OC)cc(OC)n1.C[n+]1ccc(-c2cc[n+](C)cc2)cc1. The quantitative estimate of drug-likeness (QED) is 0.273. The van der Waals surface area contributed by atoms with E-state index in [1.165, 1.54) is 44.4 Å². The minimum absolute atomic E-state index is 0.0612. The highest BCUT2D eigenvalue weighted by Crippen LogP contribution is 2.20. The first-order valence-electron chi connectivity index (χ1n) is 12.3. The molecule has 0 bridgehead atoms. The van der Waals surface area contributed by atoms with Crippen molar-refractivity contribution in [2.75, 3.05) is 25.3 Å². The number of carbonyl (C=O) groups is 1. The number of carbonyl (C=O) groups excluding carboxylic acids is 1. The molecular weight excluding hydrogens is 586 g/mol. The highest BCUT2D eigenvalue weighted by atomic mass is 32.2. The Morgan fingerprint density at radius 2 is 1.36 bits per heavy atom. The molecule has 2 amide bonds. The Morgan fingerprint density at radius 3 is 1.81 bits per heavy atom. The third-order valence-corrected chi connectivity index (χ3v) is 8.72. The number of hydrogen-bond donors (Lipinski definition) is 2. The number of hydrogen-bond acceptors (Lipinski definition) is 10. The molecule has 16 heteroatoms. The first-order valence-corrected chi connectivity index (χ1v) is 15.4. The molecule has 4 aromatic heterocycles. The molecule has 0 aliphatic rings. The summed E-state index contributed by atoms with van der Waals surface area (Å²) in [5, 5.41) is 1.31. The van der Waals surface area contributed by atoms with Gasteiger partial charge in [0, 0.05) is 30.5 Å². The normalized spacial score (nSPS) is 11.1. The molecule has 0 unspecified atom stereocenters.